The van der Waals surface area contributed by atoms with Crippen molar-refractivity contribution in [3.63, 3.8) is 0 Å². The number of carbonyl (C=O) groups is 2. The first kappa shape index (κ1) is 22.2. The number of hydrogen-bond acceptors (Lipinski definition) is 3. The molecular weight excluding hydrogens is 448 g/mol. The van der Waals surface area contributed by atoms with Gasteiger partial charge in [-0.2, -0.15) is 0 Å². The van der Waals surface area contributed by atoms with Crippen LogP contribution in [0.25, 0.3) is 5.52 Å². The standard InChI is InChI=1S/C27H25ClN4O2/c28-22-13-11-19(12-14-22)17-29-26(33)24-23-10-4-5-16-32(23)25(30-24)21-9-6-15-31(18-21)27(34)20-7-2-1-3-8-20/h1-5,7-8,10-14,16,21H,6,9,15,17-18H2,(H,29,33)/t21-/m1/s1. The molecule has 1 saturated heterocycles. The van der Waals surface area contributed by atoms with Gasteiger partial charge in [0, 0.05) is 42.3 Å². The van der Waals surface area contributed by atoms with Gasteiger partial charge >= 0.3 is 0 Å². The first-order valence-electron chi connectivity index (χ1n) is 11.4. The Morgan fingerprint density at radius 1 is 1.00 bits per heavy atom. The summed E-state index contributed by atoms with van der Waals surface area (Å²) in [4.78, 5) is 32.8. The summed E-state index contributed by atoms with van der Waals surface area (Å²) in [5.74, 6) is 0.678. The van der Waals surface area contributed by atoms with E-state index < -0.39 is 0 Å². The predicted octanol–water partition coefficient (Wildman–Crippen LogP) is 4.94. The molecule has 1 atom stereocenters. The molecule has 0 radical (unpaired) electrons. The second kappa shape index (κ2) is 9.69. The average Bonchev–Trinajstić information content (AvgIpc) is 3.28. The van der Waals surface area contributed by atoms with Crippen LogP contribution in [-0.4, -0.2) is 39.2 Å². The van der Waals surface area contributed by atoms with Gasteiger partial charge in [-0.3, -0.25) is 9.59 Å². The summed E-state index contributed by atoms with van der Waals surface area (Å²) < 4.78 is 1.98. The smallest absolute Gasteiger partial charge is 0.272 e. The maximum Gasteiger partial charge on any atom is 0.272 e. The zero-order chi connectivity index (χ0) is 23.5. The topological polar surface area (TPSA) is 66.7 Å². The zero-order valence-electron chi connectivity index (χ0n) is 18.7. The lowest BCUT2D eigenvalue weighted by atomic mass is 9.96. The molecule has 5 rings (SSSR count). The van der Waals surface area contributed by atoms with E-state index in [2.05, 4.69) is 5.32 Å². The van der Waals surface area contributed by atoms with Gasteiger partial charge in [0.05, 0.1) is 5.52 Å². The monoisotopic (exact) mass is 472 g/mol. The fourth-order valence-electron chi connectivity index (χ4n) is 4.52. The molecule has 0 spiro atoms. The maximum absolute atomic E-state index is 13.1. The Morgan fingerprint density at radius 2 is 1.76 bits per heavy atom. The number of nitrogens with zero attached hydrogens (tertiary/aromatic N) is 3. The molecule has 7 heteroatoms. The number of rotatable bonds is 5. The van der Waals surface area contributed by atoms with Crippen LogP contribution >= 0.6 is 11.6 Å². The Morgan fingerprint density at radius 3 is 2.56 bits per heavy atom. The first-order chi connectivity index (χ1) is 16.6. The van der Waals surface area contributed by atoms with Crippen molar-refractivity contribution >= 4 is 28.9 Å². The minimum atomic E-state index is -0.224. The number of carbonyl (C=O) groups excluding carboxylic acids is 2. The van der Waals surface area contributed by atoms with E-state index >= 15 is 0 Å². The summed E-state index contributed by atoms with van der Waals surface area (Å²) >= 11 is 5.95. The molecule has 1 aliphatic rings. The van der Waals surface area contributed by atoms with E-state index in [1.165, 1.54) is 0 Å². The van der Waals surface area contributed by atoms with Crippen LogP contribution < -0.4 is 5.32 Å². The predicted molar refractivity (Wildman–Crippen MR) is 132 cm³/mol. The number of benzene rings is 2. The molecule has 0 saturated carbocycles. The van der Waals surface area contributed by atoms with Crippen LogP contribution in [0.4, 0.5) is 0 Å². The van der Waals surface area contributed by atoms with Gasteiger partial charge in [-0.1, -0.05) is 48.0 Å². The molecule has 0 aliphatic carbocycles. The molecule has 2 aromatic heterocycles. The lowest BCUT2D eigenvalue weighted by Gasteiger charge is -2.32. The van der Waals surface area contributed by atoms with Crippen molar-refractivity contribution in [3.05, 3.63) is 107 Å². The number of amides is 2. The lowest BCUT2D eigenvalue weighted by Crippen LogP contribution is -2.39. The molecule has 3 heterocycles. The minimum absolute atomic E-state index is 0.0343. The fraction of sp³-hybridized carbons (Fsp3) is 0.222. The number of pyridine rings is 1. The molecule has 6 nitrogen and oxygen atoms in total. The quantitative estimate of drug-likeness (QED) is 0.447. The van der Waals surface area contributed by atoms with Crippen molar-refractivity contribution in [2.75, 3.05) is 13.1 Å². The summed E-state index contributed by atoms with van der Waals surface area (Å²) in [5, 5.41) is 3.63. The second-order valence-electron chi connectivity index (χ2n) is 8.54. The Bertz CT molecular complexity index is 1320. The summed E-state index contributed by atoms with van der Waals surface area (Å²) in [5.41, 5.74) is 2.82. The highest BCUT2D eigenvalue weighted by molar-refractivity contribution is 6.30. The van der Waals surface area contributed by atoms with Gasteiger partial charge in [0.1, 0.15) is 5.82 Å². The van der Waals surface area contributed by atoms with E-state index in [4.69, 9.17) is 16.6 Å². The Hall–Kier alpha value is -3.64. The molecule has 34 heavy (non-hydrogen) atoms. The summed E-state index contributed by atoms with van der Waals surface area (Å²) in [7, 11) is 0. The molecule has 0 bridgehead atoms. The molecule has 172 valence electrons. The molecule has 1 N–H and O–H groups in total. The SMILES string of the molecule is O=C(NCc1ccc(Cl)cc1)c1nc([C@@H]2CCCN(C(=O)c3ccccc3)C2)n2ccccc12. The van der Waals surface area contributed by atoms with Gasteiger partial charge in [-0.25, -0.2) is 4.98 Å². The third-order valence-electron chi connectivity index (χ3n) is 6.25. The van der Waals surface area contributed by atoms with Crippen LogP contribution in [-0.2, 0) is 6.54 Å². The summed E-state index contributed by atoms with van der Waals surface area (Å²) in [6.45, 7) is 1.69. The number of halogens is 1. The lowest BCUT2D eigenvalue weighted by molar-refractivity contribution is 0.0703. The Kier molecular flexibility index (Phi) is 6.32. The second-order valence-corrected chi connectivity index (χ2v) is 8.98. The molecular formula is C27H25ClN4O2. The first-order valence-corrected chi connectivity index (χ1v) is 11.8. The van der Waals surface area contributed by atoms with Gasteiger partial charge in [0.2, 0.25) is 0 Å². The third kappa shape index (κ3) is 4.54. The number of fused-ring (bicyclic) bond motifs is 1. The van der Waals surface area contributed by atoms with Crippen LogP contribution in [0.5, 0.6) is 0 Å². The van der Waals surface area contributed by atoms with E-state index in [1.54, 1.807) is 12.1 Å². The Labute approximate surface area is 203 Å². The van der Waals surface area contributed by atoms with Gasteiger partial charge < -0.3 is 14.6 Å². The molecule has 1 fully saturated rings. The van der Waals surface area contributed by atoms with E-state index in [9.17, 15) is 9.59 Å². The molecule has 2 aromatic carbocycles. The Balaban J connectivity index is 1.38. The van der Waals surface area contributed by atoms with E-state index in [0.29, 0.717) is 29.4 Å². The van der Waals surface area contributed by atoms with Gasteiger partial charge in [0.25, 0.3) is 11.8 Å². The van der Waals surface area contributed by atoms with Crippen LogP contribution in [0, 0.1) is 0 Å². The van der Waals surface area contributed by atoms with Crippen molar-refractivity contribution in [2.45, 2.75) is 25.3 Å². The van der Waals surface area contributed by atoms with E-state index in [-0.39, 0.29) is 17.7 Å². The maximum atomic E-state index is 13.1. The number of hydrogen-bond donors (Lipinski definition) is 1. The normalized spacial score (nSPS) is 15.9. The molecule has 2 amide bonds. The van der Waals surface area contributed by atoms with Gasteiger partial charge in [0.15, 0.2) is 5.69 Å². The highest BCUT2D eigenvalue weighted by Gasteiger charge is 2.29. The highest BCUT2D eigenvalue weighted by Crippen LogP contribution is 2.29. The van der Waals surface area contributed by atoms with Crippen LogP contribution in [0.1, 0.15) is 51.0 Å². The molecule has 1 aliphatic heterocycles. The number of imidazole rings is 1. The molecule has 4 aromatic rings. The average molecular weight is 473 g/mol. The van der Waals surface area contributed by atoms with Crippen molar-refractivity contribution in [1.82, 2.24) is 19.6 Å². The van der Waals surface area contributed by atoms with E-state index in [0.717, 1.165) is 36.3 Å². The van der Waals surface area contributed by atoms with Gasteiger partial charge in [-0.05, 0) is 54.8 Å². The third-order valence-corrected chi connectivity index (χ3v) is 6.50. The number of likely N-dealkylation sites (tertiary alicyclic amines) is 1. The van der Waals surface area contributed by atoms with Crippen molar-refractivity contribution in [1.29, 1.82) is 0 Å². The zero-order valence-corrected chi connectivity index (χ0v) is 19.4. The summed E-state index contributed by atoms with van der Waals surface area (Å²) in [6.07, 6.45) is 3.74. The fourth-order valence-corrected chi connectivity index (χ4v) is 4.65. The largest absolute Gasteiger partial charge is 0.347 e. The van der Waals surface area contributed by atoms with Crippen molar-refractivity contribution < 1.29 is 9.59 Å². The highest BCUT2D eigenvalue weighted by atomic mass is 35.5. The van der Waals surface area contributed by atoms with Crippen LogP contribution in [0.15, 0.2) is 79.0 Å². The van der Waals surface area contributed by atoms with Crippen molar-refractivity contribution in [3.8, 4) is 0 Å². The number of aromatic nitrogens is 2. The number of nitrogens with one attached hydrogen (secondary N) is 1. The van der Waals surface area contributed by atoms with Crippen molar-refractivity contribution in [2.24, 2.45) is 0 Å². The number of piperidine rings is 1. The van der Waals surface area contributed by atoms with Gasteiger partial charge in [-0.15, -0.1) is 0 Å². The minimum Gasteiger partial charge on any atom is -0.347 e. The van der Waals surface area contributed by atoms with Crippen LogP contribution in [0.3, 0.4) is 0 Å². The molecule has 0 unspecified atom stereocenters. The van der Waals surface area contributed by atoms with Crippen LogP contribution in [0.2, 0.25) is 5.02 Å². The summed E-state index contributed by atoms with van der Waals surface area (Å²) in [6, 6.07) is 22.5. The van der Waals surface area contributed by atoms with E-state index in [1.807, 2.05) is 76.2 Å².